The second-order valence-electron chi connectivity index (χ2n) is 9.39. The van der Waals surface area contributed by atoms with Crippen molar-refractivity contribution >= 4 is 23.7 Å². The first-order chi connectivity index (χ1) is 19.2. The number of benzene rings is 3. The fourth-order valence-corrected chi connectivity index (χ4v) is 4.82. The van der Waals surface area contributed by atoms with Gasteiger partial charge in [-0.3, -0.25) is 14.6 Å². The lowest BCUT2D eigenvalue weighted by Crippen LogP contribution is -2.35. The summed E-state index contributed by atoms with van der Waals surface area (Å²) in [6, 6.07) is 14.4. The molecule has 0 saturated heterocycles. The zero-order chi connectivity index (χ0) is 28.4. The molecule has 0 fully saturated rings. The van der Waals surface area contributed by atoms with Gasteiger partial charge in [0.1, 0.15) is 11.6 Å². The van der Waals surface area contributed by atoms with Crippen LogP contribution in [0, 0.1) is 23.3 Å². The Balaban J connectivity index is 1.49. The van der Waals surface area contributed by atoms with E-state index in [0.717, 1.165) is 18.2 Å². The molecular weight excluding hydrogens is 524 g/mol. The van der Waals surface area contributed by atoms with Gasteiger partial charge in [0.2, 0.25) is 18.1 Å². The molecule has 2 heterocycles. The summed E-state index contributed by atoms with van der Waals surface area (Å²) in [5, 5.41) is 2.88. The monoisotopic (exact) mass is 547 g/mol. The minimum Gasteiger partial charge on any atom is -0.366 e. The van der Waals surface area contributed by atoms with E-state index >= 15 is 0 Å². The van der Waals surface area contributed by atoms with Crippen LogP contribution in [0.2, 0.25) is 0 Å². The summed E-state index contributed by atoms with van der Waals surface area (Å²) < 4.78 is 57.1. The van der Waals surface area contributed by atoms with Crippen LogP contribution >= 0.6 is 0 Å². The minimum absolute atomic E-state index is 0.0138. The number of aromatic nitrogens is 1. The largest absolute Gasteiger partial charge is 0.366 e. The highest BCUT2D eigenvalue weighted by atomic mass is 19.2. The number of nitrogens with zero attached hydrogens (tertiary/aromatic N) is 2. The number of carbonyl (C=O) groups is 2. The van der Waals surface area contributed by atoms with Crippen molar-refractivity contribution in [3.8, 4) is 11.1 Å². The smallest absolute Gasteiger partial charge is 0.286 e. The van der Waals surface area contributed by atoms with Crippen LogP contribution < -0.4 is 11.1 Å². The SMILES string of the molecule is NC(=O)c1cccc(-c2cccnc2[C@H](Cc2cc(F)cc(F)c2)NC(=O)C[N+]2=CCc3cc(F)c(F)cc32)c1. The van der Waals surface area contributed by atoms with E-state index in [1.54, 1.807) is 42.6 Å². The topological polar surface area (TPSA) is 88.1 Å². The normalized spacial score (nSPS) is 12.9. The van der Waals surface area contributed by atoms with Crippen molar-refractivity contribution in [2.24, 2.45) is 5.73 Å². The lowest BCUT2D eigenvalue weighted by atomic mass is 9.94. The Morgan fingerprint density at radius 1 is 0.950 bits per heavy atom. The van der Waals surface area contributed by atoms with E-state index in [0.29, 0.717) is 34.5 Å². The van der Waals surface area contributed by atoms with Gasteiger partial charge in [0, 0.05) is 35.0 Å². The summed E-state index contributed by atoms with van der Waals surface area (Å²) in [5.41, 5.74) is 8.48. The Kier molecular flexibility index (Phi) is 7.41. The van der Waals surface area contributed by atoms with Gasteiger partial charge in [-0.05, 0) is 53.9 Å². The Morgan fingerprint density at radius 2 is 1.70 bits per heavy atom. The first-order valence-corrected chi connectivity index (χ1v) is 12.4. The van der Waals surface area contributed by atoms with Crippen molar-refractivity contribution < 1.29 is 31.7 Å². The molecule has 1 atom stereocenters. The molecule has 1 aromatic heterocycles. The Morgan fingerprint density at radius 3 is 2.45 bits per heavy atom. The minimum atomic E-state index is -1.03. The van der Waals surface area contributed by atoms with Crippen LogP contribution in [0.15, 0.2) is 72.9 Å². The van der Waals surface area contributed by atoms with E-state index in [4.69, 9.17) is 5.73 Å². The lowest BCUT2D eigenvalue weighted by Gasteiger charge is -2.21. The van der Waals surface area contributed by atoms with Gasteiger partial charge in [-0.1, -0.05) is 18.2 Å². The molecule has 0 aliphatic carbocycles. The van der Waals surface area contributed by atoms with Crippen LogP contribution in [0.5, 0.6) is 0 Å². The van der Waals surface area contributed by atoms with Gasteiger partial charge in [0.25, 0.3) is 5.91 Å². The Hall–Kier alpha value is -4.86. The summed E-state index contributed by atoms with van der Waals surface area (Å²) in [4.78, 5) is 29.5. The third-order valence-corrected chi connectivity index (χ3v) is 6.60. The van der Waals surface area contributed by atoms with Gasteiger partial charge in [0.05, 0.1) is 18.2 Å². The number of rotatable bonds is 8. The summed E-state index contributed by atoms with van der Waals surface area (Å²) in [6.07, 6.45) is 3.48. The molecule has 2 amide bonds. The summed E-state index contributed by atoms with van der Waals surface area (Å²) in [6.45, 7) is -0.217. The number of halogens is 4. The molecule has 6 nitrogen and oxygen atoms in total. The lowest BCUT2D eigenvalue weighted by molar-refractivity contribution is -0.420. The number of primary amides is 1. The maximum atomic E-state index is 14.0. The highest BCUT2D eigenvalue weighted by molar-refractivity contribution is 5.94. The molecule has 1 aliphatic heterocycles. The molecule has 202 valence electrons. The molecule has 10 heteroatoms. The van der Waals surface area contributed by atoms with Crippen LogP contribution in [-0.2, 0) is 17.6 Å². The predicted octanol–water partition coefficient (Wildman–Crippen LogP) is 4.78. The third kappa shape index (κ3) is 5.75. The average Bonchev–Trinajstić information content (AvgIpc) is 3.28. The maximum Gasteiger partial charge on any atom is 0.286 e. The van der Waals surface area contributed by atoms with E-state index in [1.807, 2.05) is 0 Å². The van der Waals surface area contributed by atoms with E-state index in [-0.39, 0.29) is 24.1 Å². The van der Waals surface area contributed by atoms with Crippen molar-refractivity contribution in [1.29, 1.82) is 0 Å². The fraction of sp³-hybridized carbons (Fsp3) is 0.133. The maximum absolute atomic E-state index is 14.0. The molecule has 4 aromatic rings. The van der Waals surface area contributed by atoms with Crippen molar-refractivity contribution in [3.05, 3.63) is 119 Å². The highest BCUT2D eigenvalue weighted by Crippen LogP contribution is 2.30. The number of fused-ring (bicyclic) bond motifs is 1. The van der Waals surface area contributed by atoms with Crippen molar-refractivity contribution in [2.75, 3.05) is 6.54 Å². The Labute approximate surface area is 226 Å². The van der Waals surface area contributed by atoms with Crippen LogP contribution in [0.25, 0.3) is 11.1 Å². The molecule has 3 N–H and O–H groups in total. The standard InChI is InChI=1S/C30H22F4N4O2/c31-21-9-17(10-22(32)14-21)11-26(29-23(5-2-7-36-29)18-3-1-4-20(12-18)30(35)40)37-28(39)16-38-8-6-19-13-24(33)25(34)15-27(19)38/h1-5,7-10,12-15,26H,6,11,16H2,(H2-,35,37,39,40)/p+1/t26-/m0/s1. The summed E-state index contributed by atoms with van der Waals surface area (Å²) >= 11 is 0. The van der Waals surface area contributed by atoms with E-state index in [1.165, 1.54) is 22.9 Å². The van der Waals surface area contributed by atoms with E-state index in [2.05, 4.69) is 10.3 Å². The van der Waals surface area contributed by atoms with Crippen molar-refractivity contribution in [2.45, 2.75) is 18.9 Å². The van der Waals surface area contributed by atoms with E-state index < -0.39 is 41.1 Å². The quantitative estimate of drug-likeness (QED) is 0.246. The number of hydrogen-bond donors (Lipinski definition) is 2. The zero-order valence-electron chi connectivity index (χ0n) is 21.0. The fourth-order valence-electron chi connectivity index (χ4n) is 4.82. The number of hydrogen-bond acceptors (Lipinski definition) is 3. The Bertz CT molecular complexity index is 1650. The van der Waals surface area contributed by atoms with Gasteiger partial charge in [-0.25, -0.2) is 17.6 Å². The molecular formula is C30H23F4N4O2+. The molecule has 0 unspecified atom stereocenters. The zero-order valence-corrected chi connectivity index (χ0v) is 21.0. The second kappa shape index (κ2) is 11.1. The molecule has 0 radical (unpaired) electrons. The van der Waals surface area contributed by atoms with Crippen LogP contribution in [0.1, 0.15) is 33.2 Å². The molecule has 40 heavy (non-hydrogen) atoms. The van der Waals surface area contributed by atoms with E-state index in [9.17, 15) is 27.2 Å². The van der Waals surface area contributed by atoms with Gasteiger partial charge >= 0.3 is 0 Å². The molecule has 0 spiro atoms. The van der Waals surface area contributed by atoms with Gasteiger partial charge < -0.3 is 11.1 Å². The summed E-state index contributed by atoms with van der Waals surface area (Å²) in [5.74, 6) is -4.64. The predicted molar refractivity (Wildman–Crippen MR) is 140 cm³/mol. The average molecular weight is 548 g/mol. The first-order valence-electron chi connectivity index (χ1n) is 12.4. The summed E-state index contributed by atoms with van der Waals surface area (Å²) in [7, 11) is 0. The number of amides is 2. The number of nitrogens with two attached hydrogens (primary N) is 1. The third-order valence-electron chi connectivity index (χ3n) is 6.60. The molecule has 1 aliphatic rings. The number of pyridine rings is 1. The molecule has 0 saturated carbocycles. The van der Waals surface area contributed by atoms with Crippen LogP contribution in [0.3, 0.4) is 0 Å². The molecule has 5 rings (SSSR count). The van der Waals surface area contributed by atoms with Crippen LogP contribution in [-0.4, -0.2) is 34.1 Å². The van der Waals surface area contributed by atoms with Gasteiger partial charge in [0.15, 0.2) is 17.8 Å². The second-order valence-corrected chi connectivity index (χ2v) is 9.39. The molecule has 3 aromatic carbocycles. The molecule has 0 bridgehead atoms. The first kappa shape index (κ1) is 26.7. The van der Waals surface area contributed by atoms with Crippen molar-refractivity contribution in [1.82, 2.24) is 10.3 Å². The number of nitrogens with one attached hydrogen (secondary N) is 1. The van der Waals surface area contributed by atoms with Gasteiger partial charge in [-0.2, -0.15) is 4.58 Å². The highest BCUT2D eigenvalue weighted by Gasteiger charge is 2.29. The van der Waals surface area contributed by atoms with Gasteiger partial charge in [-0.15, -0.1) is 0 Å². The van der Waals surface area contributed by atoms with Crippen LogP contribution in [0.4, 0.5) is 23.2 Å². The number of carbonyl (C=O) groups excluding carboxylic acids is 2. The van der Waals surface area contributed by atoms with Crippen molar-refractivity contribution in [3.63, 3.8) is 0 Å².